The Morgan fingerprint density at radius 2 is 1.66 bits per heavy atom. The highest BCUT2D eigenvalue weighted by molar-refractivity contribution is 6.08. The summed E-state index contributed by atoms with van der Waals surface area (Å²) in [5.41, 5.74) is 3.32. The van der Waals surface area contributed by atoms with Crippen molar-refractivity contribution in [3.63, 3.8) is 0 Å². The number of hydrogen-bond donors (Lipinski definition) is 1. The molecule has 1 amide bonds. The van der Waals surface area contributed by atoms with E-state index in [-0.39, 0.29) is 11.7 Å². The van der Waals surface area contributed by atoms with Gasteiger partial charge in [0.25, 0.3) is 5.91 Å². The van der Waals surface area contributed by atoms with Crippen molar-refractivity contribution in [3.8, 4) is 28.4 Å². The van der Waals surface area contributed by atoms with Gasteiger partial charge in [0.2, 0.25) is 5.76 Å². The van der Waals surface area contributed by atoms with Crippen LogP contribution in [-0.4, -0.2) is 33.8 Å². The quantitative estimate of drug-likeness (QED) is 0.420. The third-order valence-corrected chi connectivity index (χ3v) is 5.31. The first-order chi connectivity index (χ1) is 15.6. The molecule has 0 atom stereocenters. The van der Waals surface area contributed by atoms with Gasteiger partial charge < -0.3 is 23.9 Å². The van der Waals surface area contributed by atoms with E-state index in [1.54, 1.807) is 27.4 Å². The largest absolute Gasteiger partial charge is 0.497 e. The predicted octanol–water partition coefficient (Wildman–Crippen LogP) is 5.10. The molecule has 0 spiro atoms. The van der Waals surface area contributed by atoms with E-state index in [4.69, 9.17) is 18.6 Å². The molecule has 0 aliphatic rings. The fourth-order valence-corrected chi connectivity index (χ4v) is 3.69. The van der Waals surface area contributed by atoms with Crippen LogP contribution in [0.2, 0.25) is 0 Å². The fraction of sp³-hybridized carbons (Fsp3) is 0.192. The second kappa shape index (κ2) is 9.47. The van der Waals surface area contributed by atoms with E-state index in [1.807, 2.05) is 60.7 Å². The Morgan fingerprint density at radius 1 is 0.875 bits per heavy atom. The summed E-state index contributed by atoms with van der Waals surface area (Å²) in [6.07, 6.45) is 0.640. The number of ether oxygens (including phenoxy) is 3. The Morgan fingerprint density at radius 3 is 2.38 bits per heavy atom. The summed E-state index contributed by atoms with van der Waals surface area (Å²) in [6.45, 7) is 0.447. The van der Waals surface area contributed by atoms with Crippen molar-refractivity contribution in [3.05, 3.63) is 78.1 Å². The van der Waals surface area contributed by atoms with Gasteiger partial charge in [-0.3, -0.25) is 4.79 Å². The summed E-state index contributed by atoms with van der Waals surface area (Å²) in [5.74, 6) is 2.02. The monoisotopic (exact) mass is 431 g/mol. The molecule has 4 rings (SSSR count). The summed E-state index contributed by atoms with van der Waals surface area (Å²) in [5, 5.41) is 3.84. The molecule has 164 valence electrons. The molecule has 0 saturated heterocycles. The maximum atomic E-state index is 13.1. The zero-order valence-corrected chi connectivity index (χ0v) is 18.3. The number of fused-ring (bicyclic) bond motifs is 1. The molecule has 3 aromatic carbocycles. The number of carbonyl (C=O) groups excluding carboxylic acids is 1. The Kier molecular flexibility index (Phi) is 6.31. The number of carbonyl (C=O) groups is 1. The Balaban J connectivity index is 1.58. The van der Waals surface area contributed by atoms with Crippen molar-refractivity contribution in [1.82, 2.24) is 5.32 Å². The second-order valence-corrected chi connectivity index (χ2v) is 7.23. The van der Waals surface area contributed by atoms with Crippen molar-refractivity contribution >= 4 is 16.9 Å². The first-order valence-corrected chi connectivity index (χ1v) is 10.3. The average Bonchev–Trinajstić information content (AvgIpc) is 3.23. The highest BCUT2D eigenvalue weighted by Crippen LogP contribution is 2.36. The molecule has 4 aromatic rings. The molecule has 1 aromatic heterocycles. The van der Waals surface area contributed by atoms with E-state index in [1.165, 1.54) is 0 Å². The van der Waals surface area contributed by atoms with Crippen LogP contribution in [0.5, 0.6) is 17.2 Å². The number of hydrogen-bond acceptors (Lipinski definition) is 5. The van der Waals surface area contributed by atoms with E-state index in [0.717, 1.165) is 22.1 Å². The first kappa shape index (κ1) is 21.3. The fourth-order valence-electron chi connectivity index (χ4n) is 3.69. The lowest BCUT2D eigenvalue weighted by molar-refractivity contribution is 0.0929. The first-order valence-electron chi connectivity index (χ1n) is 10.3. The molecule has 1 N–H and O–H groups in total. The van der Waals surface area contributed by atoms with Crippen LogP contribution in [0.3, 0.4) is 0 Å². The zero-order valence-electron chi connectivity index (χ0n) is 18.3. The standard InChI is InChI=1S/C26H25NO5/c1-29-19-10-11-20-22(16-19)32-25(24(20)18-7-5-4-6-8-18)26(28)27-14-13-17-9-12-21(30-2)23(15-17)31-3/h4-12,15-16H,13-14H2,1-3H3,(H,27,28). The maximum absolute atomic E-state index is 13.1. The minimum atomic E-state index is -0.264. The van der Waals surface area contributed by atoms with Gasteiger partial charge in [-0.2, -0.15) is 0 Å². The highest BCUT2D eigenvalue weighted by atomic mass is 16.5. The summed E-state index contributed by atoms with van der Waals surface area (Å²) in [7, 11) is 4.81. The molecule has 0 aliphatic carbocycles. The van der Waals surface area contributed by atoms with E-state index in [9.17, 15) is 4.79 Å². The zero-order chi connectivity index (χ0) is 22.5. The Bertz CT molecular complexity index is 1230. The normalized spacial score (nSPS) is 10.7. The lowest BCUT2D eigenvalue weighted by atomic mass is 10.0. The number of amides is 1. The topological polar surface area (TPSA) is 69.9 Å². The van der Waals surface area contributed by atoms with Gasteiger partial charge in [-0.1, -0.05) is 36.4 Å². The van der Waals surface area contributed by atoms with Gasteiger partial charge in [0.05, 0.1) is 21.3 Å². The number of nitrogens with one attached hydrogen (secondary N) is 1. The van der Waals surface area contributed by atoms with Crippen LogP contribution in [0.15, 0.2) is 71.1 Å². The SMILES string of the molecule is COc1ccc2c(-c3ccccc3)c(C(=O)NCCc3ccc(OC)c(OC)c3)oc2c1. The van der Waals surface area contributed by atoms with Crippen molar-refractivity contribution in [2.24, 2.45) is 0 Å². The van der Waals surface area contributed by atoms with Crippen molar-refractivity contribution in [2.75, 3.05) is 27.9 Å². The Labute approximate surface area is 186 Å². The third-order valence-electron chi connectivity index (χ3n) is 5.31. The highest BCUT2D eigenvalue weighted by Gasteiger charge is 2.22. The summed E-state index contributed by atoms with van der Waals surface area (Å²) >= 11 is 0. The van der Waals surface area contributed by atoms with E-state index in [0.29, 0.717) is 35.8 Å². The molecule has 6 heteroatoms. The maximum Gasteiger partial charge on any atom is 0.287 e. The molecular formula is C26H25NO5. The molecule has 32 heavy (non-hydrogen) atoms. The van der Waals surface area contributed by atoms with E-state index >= 15 is 0 Å². The second-order valence-electron chi connectivity index (χ2n) is 7.23. The molecular weight excluding hydrogens is 406 g/mol. The van der Waals surface area contributed by atoms with Crippen LogP contribution >= 0.6 is 0 Å². The molecule has 0 bridgehead atoms. The van der Waals surface area contributed by atoms with Crippen LogP contribution in [0, 0.1) is 0 Å². The average molecular weight is 431 g/mol. The summed E-state index contributed by atoms with van der Waals surface area (Å²) in [6, 6.07) is 21.1. The van der Waals surface area contributed by atoms with Crippen LogP contribution in [-0.2, 0) is 6.42 Å². The van der Waals surface area contributed by atoms with Gasteiger partial charge in [-0.05, 0) is 41.8 Å². The van der Waals surface area contributed by atoms with Gasteiger partial charge in [0.15, 0.2) is 11.5 Å². The molecule has 0 saturated carbocycles. The third kappa shape index (κ3) is 4.25. The van der Waals surface area contributed by atoms with Gasteiger partial charge >= 0.3 is 0 Å². The van der Waals surface area contributed by atoms with Crippen molar-refractivity contribution in [2.45, 2.75) is 6.42 Å². The number of benzene rings is 3. The van der Waals surface area contributed by atoms with Crippen LogP contribution < -0.4 is 19.5 Å². The number of rotatable bonds is 8. The van der Waals surface area contributed by atoms with Crippen molar-refractivity contribution < 1.29 is 23.4 Å². The van der Waals surface area contributed by atoms with Gasteiger partial charge in [-0.15, -0.1) is 0 Å². The Hall–Kier alpha value is -3.93. The molecule has 1 heterocycles. The predicted molar refractivity (Wildman–Crippen MR) is 124 cm³/mol. The molecule has 0 aliphatic heterocycles. The molecule has 0 unspecified atom stereocenters. The van der Waals surface area contributed by atoms with Crippen LogP contribution in [0.25, 0.3) is 22.1 Å². The summed E-state index contributed by atoms with van der Waals surface area (Å²) in [4.78, 5) is 13.1. The van der Waals surface area contributed by atoms with Gasteiger partial charge in [0, 0.05) is 23.6 Å². The molecule has 0 radical (unpaired) electrons. The van der Waals surface area contributed by atoms with E-state index in [2.05, 4.69) is 5.32 Å². The minimum absolute atomic E-state index is 0.264. The van der Waals surface area contributed by atoms with Crippen LogP contribution in [0.1, 0.15) is 16.1 Å². The lowest BCUT2D eigenvalue weighted by Gasteiger charge is -2.10. The van der Waals surface area contributed by atoms with Crippen molar-refractivity contribution in [1.29, 1.82) is 0 Å². The van der Waals surface area contributed by atoms with Gasteiger partial charge in [-0.25, -0.2) is 0 Å². The molecule has 0 fully saturated rings. The lowest BCUT2D eigenvalue weighted by Crippen LogP contribution is -2.25. The number of methoxy groups -OCH3 is 3. The minimum Gasteiger partial charge on any atom is -0.497 e. The van der Waals surface area contributed by atoms with Gasteiger partial charge in [0.1, 0.15) is 11.3 Å². The smallest absolute Gasteiger partial charge is 0.287 e. The summed E-state index contributed by atoms with van der Waals surface area (Å²) < 4.78 is 21.9. The number of furan rings is 1. The van der Waals surface area contributed by atoms with Crippen LogP contribution in [0.4, 0.5) is 0 Å². The van der Waals surface area contributed by atoms with E-state index < -0.39 is 0 Å². The molecule has 6 nitrogen and oxygen atoms in total.